The number of benzene rings is 2. The molecule has 0 aliphatic heterocycles. The molecule has 1 heterocycles. The monoisotopic (exact) mass is 273 g/mol. The number of ether oxygens (including phenoxy) is 1. The molecule has 0 unspecified atom stereocenters. The molecule has 0 saturated carbocycles. The maximum Gasteiger partial charge on any atom is 0.301 e. The van der Waals surface area contributed by atoms with Gasteiger partial charge in [0.1, 0.15) is 11.5 Å². The minimum atomic E-state index is -0.573. The molecule has 8 nitrogen and oxygen atoms in total. The highest BCUT2D eigenvalue weighted by Crippen LogP contribution is 2.33. The molecule has 0 bridgehead atoms. The lowest BCUT2D eigenvalue weighted by atomic mass is 10.2. The number of nitro benzene ring substituents is 1. The molecule has 0 aliphatic rings. The number of phenolic OH excluding ortho intramolecular Hbond substituents is 1. The van der Waals surface area contributed by atoms with E-state index in [4.69, 9.17) is 4.74 Å². The summed E-state index contributed by atoms with van der Waals surface area (Å²) in [6, 6.07) is 8.70. The van der Waals surface area contributed by atoms with Crippen molar-refractivity contribution < 1.29 is 19.4 Å². The first-order valence-electron chi connectivity index (χ1n) is 5.52. The Bertz CT molecular complexity index is 781. The van der Waals surface area contributed by atoms with E-state index in [0.717, 1.165) is 0 Å². The number of aromatic nitrogens is 2. The Hall–Kier alpha value is -3.16. The van der Waals surface area contributed by atoms with Crippen molar-refractivity contribution in [2.24, 2.45) is 0 Å². The molecule has 100 valence electrons. The first-order chi connectivity index (χ1) is 9.65. The van der Waals surface area contributed by atoms with E-state index in [2.05, 4.69) is 14.9 Å². The van der Waals surface area contributed by atoms with Crippen molar-refractivity contribution in [3.8, 4) is 17.2 Å². The van der Waals surface area contributed by atoms with Gasteiger partial charge in [0.2, 0.25) is 5.52 Å². The van der Waals surface area contributed by atoms with Gasteiger partial charge >= 0.3 is 5.69 Å². The molecule has 0 saturated heterocycles. The molecule has 20 heavy (non-hydrogen) atoms. The van der Waals surface area contributed by atoms with Crippen molar-refractivity contribution in [2.45, 2.75) is 0 Å². The van der Waals surface area contributed by atoms with Crippen LogP contribution in [0.2, 0.25) is 0 Å². The largest absolute Gasteiger partial charge is 0.508 e. The second kappa shape index (κ2) is 4.50. The molecule has 0 radical (unpaired) electrons. The van der Waals surface area contributed by atoms with Crippen molar-refractivity contribution in [1.82, 2.24) is 10.3 Å². The zero-order chi connectivity index (χ0) is 14.1. The first-order valence-corrected chi connectivity index (χ1v) is 5.52. The molecular weight excluding hydrogens is 266 g/mol. The molecule has 3 rings (SSSR count). The molecule has 2 aromatic carbocycles. The lowest BCUT2D eigenvalue weighted by molar-refractivity contribution is -0.383. The van der Waals surface area contributed by atoms with Crippen LogP contribution in [0.4, 0.5) is 5.69 Å². The van der Waals surface area contributed by atoms with Crippen molar-refractivity contribution >= 4 is 16.7 Å². The van der Waals surface area contributed by atoms with E-state index in [-0.39, 0.29) is 28.2 Å². The molecule has 8 heteroatoms. The molecule has 1 N–H and O–H groups in total. The van der Waals surface area contributed by atoms with Gasteiger partial charge in [-0.2, -0.15) is 0 Å². The fourth-order valence-electron chi connectivity index (χ4n) is 1.70. The average molecular weight is 273 g/mol. The highest BCUT2D eigenvalue weighted by atomic mass is 16.6. The number of fused-ring (bicyclic) bond motifs is 1. The highest BCUT2D eigenvalue weighted by molar-refractivity contribution is 5.88. The van der Waals surface area contributed by atoms with E-state index in [0.29, 0.717) is 5.75 Å². The van der Waals surface area contributed by atoms with Crippen molar-refractivity contribution in [1.29, 1.82) is 0 Å². The van der Waals surface area contributed by atoms with Crippen LogP contribution < -0.4 is 4.74 Å². The van der Waals surface area contributed by atoms with Crippen LogP contribution in [0.25, 0.3) is 11.0 Å². The van der Waals surface area contributed by atoms with Gasteiger partial charge in [0.05, 0.1) is 4.92 Å². The molecule has 3 aromatic rings. The maximum absolute atomic E-state index is 10.8. The van der Waals surface area contributed by atoms with Gasteiger partial charge in [-0.15, -0.1) is 0 Å². The summed E-state index contributed by atoms with van der Waals surface area (Å²) in [6.07, 6.45) is 0. The van der Waals surface area contributed by atoms with Crippen LogP contribution in [0.15, 0.2) is 41.0 Å². The van der Waals surface area contributed by atoms with Gasteiger partial charge in [0.25, 0.3) is 0 Å². The fourth-order valence-corrected chi connectivity index (χ4v) is 1.70. The van der Waals surface area contributed by atoms with Crippen LogP contribution in [-0.2, 0) is 0 Å². The van der Waals surface area contributed by atoms with Gasteiger partial charge in [0.15, 0.2) is 11.3 Å². The molecule has 0 spiro atoms. The second-order valence-electron chi connectivity index (χ2n) is 3.90. The molecule has 0 atom stereocenters. The molecule has 0 aliphatic carbocycles. The third kappa shape index (κ3) is 1.99. The minimum absolute atomic E-state index is 0.0197. The van der Waals surface area contributed by atoms with Crippen molar-refractivity contribution in [3.63, 3.8) is 0 Å². The number of phenols is 1. The van der Waals surface area contributed by atoms with Crippen LogP contribution in [0.3, 0.4) is 0 Å². The SMILES string of the molecule is O=[N+]([O-])c1ccc(Oc2ccc(O)cc2)c2nonc12. The van der Waals surface area contributed by atoms with Crippen LogP contribution in [0, 0.1) is 10.1 Å². The summed E-state index contributed by atoms with van der Waals surface area (Å²) in [5.74, 6) is 0.827. The molecular formula is C12H7N3O5. The average Bonchev–Trinajstić information content (AvgIpc) is 2.91. The first kappa shape index (κ1) is 11.9. The number of nitrogens with zero attached hydrogens (tertiary/aromatic N) is 3. The normalized spacial score (nSPS) is 10.6. The second-order valence-corrected chi connectivity index (χ2v) is 3.90. The van der Waals surface area contributed by atoms with E-state index < -0.39 is 4.92 Å². The standard InChI is InChI=1S/C12H7N3O5/c16-7-1-3-8(4-2-7)19-10-6-5-9(15(17)18)11-12(10)14-20-13-11/h1-6,16H. The number of hydrogen-bond donors (Lipinski definition) is 1. The predicted molar refractivity (Wildman–Crippen MR) is 66.6 cm³/mol. The summed E-state index contributed by atoms with van der Waals surface area (Å²) in [6.45, 7) is 0. The smallest absolute Gasteiger partial charge is 0.301 e. The topological polar surface area (TPSA) is 112 Å². The van der Waals surface area contributed by atoms with Gasteiger partial charge in [-0.25, -0.2) is 4.63 Å². The number of rotatable bonds is 3. The third-order valence-corrected chi connectivity index (χ3v) is 2.62. The van der Waals surface area contributed by atoms with E-state index in [1.54, 1.807) is 12.1 Å². The van der Waals surface area contributed by atoms with Crippen LogP contribution in [0.5, 0.6) is 17.2 Å². The summed E-state index contributed by atoms with van der Waals surface area (Å²) in [4.78, 5) is 10.3. The minimum Gasteiger partial charge on any atom is -0.508 e. The quantitative estimate of drug-likeness (QED) is 0.576. The fraction of sp³-hybridized carbons (Fsp3) is 0. The number of aromatic hydroxyl groups is 1. The maximum atomic E-state index is 10.8. The Kier molecular flexibility index (Phi) is 2.68. The predicted octanol–water partition coefficient (Wildman–Crippen LogP) is 2.63. The van der Waals surface area contributed by atoms with E-state index in [1.165, 1.54) is 24.3 Å². The summed E-state index contributed by atoms with van der Waals surface area (Å²) >= 11 is 0. The Labute approximate surface area is 111 Å². The van der Waals surface area contributed by atoms with E-state index in [9.17, 15) is 15.2 Å². The van der Waals surface area contributed by atoms with Crippen LogP contribution >= 0.6 is 0 Å². The Morgan fingerprint density at radius 3 is 2.50 bits per heavy atom. The summed E-state index contributed by atoms with van der Waals surface area (Å²) in [7, 11) is 0. The van der Waals surface area contributed by atoms with Crippen LogP contribution in [-0.4, -0.2) is 20.3 Å². The van der Waals surface area contributed by atoms with Crippen molar-refractivity contribution in [2.75, 3.05) is 0 Å². The van der Waals surface area contributed by atoms with Gasteiger partial charge in [-0.3, -0.25) is 10.1 Å². The van der Waals surface area contributed by atoms with Gasteiger partial charge in [0, 0.05) is 6.07 Å². The highest BCUT2D eigenvalue weighted by Gasteiger charge is 2.20. The lowest BCUT2D eigenvalue weighted by Gasteiger charge is -2.05. The third-order valence-electron chi connectivity index (χ3n) is 2.62. The zero-order valence-electron chi connectivity index (χ0n) is 9.89. The summed E-state index contributed by atoms with van der Waals surface area (Å²) < 4.78 is 10.1. The van der Waals surface area contributed by atoms with E-state index >= 15 is 0 Å². The number of hydrogen-bond acceptors (Lipinski definition) is 7. The Balaban J connectivity index is 2.04. The molecule has 0 amide bonds. The van der Waals surface area contributed by atoms with Gasteiger partial charge < -0.3 is 9.84 Å². The van der Waals surface area contributed by atoms with Crippen LogP contribution in [0.1, 0.15) is 0 Å². The summed E-state index contributed by atoms with van der Waals surface area (Å²) in [5, 5.41) is 27.2. The van der Waals surface area contributed by atoms with Crippen molar-refractivity contribution in [3.05, 3.63) is 46.5 Å². The zero-order valence-corrected chi connectivity index (χ0v) is 9.89. The Morgan fingerprint density at radius 1 is 1.10 bits per heavy atom. The molecule has 0 fully saturated rings. The number of non-ortho nitro benzene ring substituents is 1. The number of nitro groups is 1. The summed E-state index contributed by atoms with van der Waals surface area (Å²) in [5.41, 5.74) is -0.0298. The van der Waals surface area contributed by atoms with Gasteiger partial charge in [-0.1, -0.05) is 0 Å². The van der Waals surface area contributed by atoms with E-state index in [1.807, 2.05) is 0 Å². The van der Waals surface area contributed by atoms with Gasteiger partial charge in [-0.05, 0) is 40.6 Å². The Morgan fingerprint density at radius 2 is 1.80 bits per heavy atom. The molecule has 1 aromatic heterocycles. The lowest BCUT2D eigenvalue weighted by Crippen LogP contribution is -1.91.